The lowest BCUT2D eigenvalue weighted by Crippen LogP contribution is -2.17. The summed E-state index contributed by atoms with van der Waals surface area (Å²) in [6, 6.07) is 9.31. The molecule has 0 radical (unpaired) electrons. The quantitative estimate of drug-likeness (QED) is 0.608. The van der Waals surface area contributed by atoms with Gasteiger partial charge in [0.05, 0.1) is 20.4 Å². The molecule has 0 aliphatic carbocycles. The fourth-order valence-corrected chi connectivity index (χ4v) is 2.22. The van der Waals surface area contributed by atoms with E-state index in [1.807, 2.05) is 0 Å². The van der Waals surface area contributed by atoms with Gasteiger partial charge in [0, 0.05) is 16.1 Å². The molecule has 2 N–H and O–H groups in total. The van der Waals surface area contributed by atoms with E-state index in [-0.39, 0.29) is 22.6 Å². The summed E-state index contributed by atoms with van der Waals surface area (Å²) >= 11 is 5.76. The molecule has 2 aromatic carbocycles. The number of methoxy groups -OCH3 is 2. The molecule has 0 aromatic heterocycles. The Kier molecular flexibility index (Phi) is 5.97. The van der Waals surface area contributed by atoms with Crippen LogP contribution in [0.5, 0.6) is 11.5 Å². The van der Waals surface area contributed by atoms with Crippen LogP contribution in [-0.4, -0.2) is 37.4 Å². The topological polar surface area (TPSA) is 97.2 Å². The minimum absolute atomic E-state index is 0.0722. The number of nitrogens with one attached hydrogen (secondary N) is 1. The Bertz CT molecular complexity index is 819. The molecule has 0 heterocycles. The maximum atomic E-state index is 12.0. The number of hydrogen-bond acceptors (Lipinski definition) is 5. The van der Waals surface area contributed by atoms with Crippen LogP contribution in [0.25, 0.3) is 0 Å². The van der Waals surface area contributed by atoms with Crippen LogP contribution in [0.4, 0.5) is 0 Å². The number of aromatic carboxylic acids is 1. The third-order valence-corrected chi connectivity index (χ3v) is 3.52. The van der Waals surface area contributed by atoms with Crippen molar-refractivity contribution in [3.05, 3.63) is 58.1 Å². The number of carboxylic acids is 1. The normalized spacial score (nSPS) is 10.5. The summed E-state index contributed by atoms with van der Waals surface area (Å²) in [5.41, 5.74) is 2.82. The summed E-state index contributed by atoms with van der Waals surface area (Å²) < 4.78 is 10.2. The van der Waals surface area contributed by atoms with Gasteiger partial charge in [-0.1, -0.05) is 11.6 Å². The molecule has 1 amide bonds. The number of ether oxygens (including phenoxy) is 2. The highest BCUT2D eigenvalue weighted by molar-refractivity contribution is 6.30. The van der Waals surface area contributed by atoms with Gasteiger partial charge in [-0.05, 0) is 36.4 Å². The molecule has 25 heavy (non-hydrogen) atoms. The summed E-state index contributed by atoms with van der Waals surface area (Å²) in [6.45, 7) is 0. The molecule has 0 saturated carbocycles. The van der Waals surface area contributed by atoms with Gasteiger partial charge in [0.1, 0.15) is 5.56 Å². The number of carbonyl (C=O) groups excluding carboxylic acids is 1. The smallest absolute Gasteiger partial charge is 0.340 e. The molecule has 2 aromatic rings. The van der Waals surface area contributed by atoms with Crippen LogP contribution in [0.1, 0.15) is 26.3 Å². The predicted octanol–water partition coefficient (Wildman–Crippen LogP) is 2.82. The van der Waals surface area contributed by atoms with Crippen molar-refractivity contribution in [2.75, 3.05) is 14.2 Å². The monoisotopic (exact) mass is 362 g/mol. The minimum Gasteiger partial charge on any atom is -0.493 e. The molecule has 0 atom stereocenters. The highest BCUT2D eigenvalue weighted by atomic mass is 35.5. The number of amides is 1. The summed E-state index contributed by atoms with van der Waals surface area (Å²) in [5.74, 6) is -1.31. The zero-order chi connectivity index (χ0) is 18.4. The SMILES string of the molecule is COc1ccc(/C=N\NC(=O)c2ccc(Cl)cc2)c(C(=O)O)c1OC. The zero-order valence-corrected chi connectivity index (χ0v) is 14.2. The van der Waals surface area contributed by atoms with Crippen molar-refractivity contribution in [3.8, 4) is 11.5 Å². The average molecular weight is 363 g/mol. The maximum absolute atomic E-state index is 12.0. The molecule has 7 nitrogen and oxygen atoms in total. The molecule has 0 unspecified atom stereocenters. The molecule has 0 spiro atoms. The average Bonchev–Trinajstić information content (AvgIpc) is 2.61. The largest absolute Gasteiger partial charge is 0.493 e. The van der Waals surface area contributed by atoms with Gasteiger partial charge < -0.3 is 14.6 Å². The lowest BCUT2D eigenvalue weighted by Gasteiger charge is -2.12. The summed E-state index contributed by atoms with van der Waals surface area (Å²) in [4.78, 5) is 23.5. The molecule has 0 aliphatic rings. The summed E-state index contributed by atoms with van der Waals surface area (Å²) in [7, 11) is 2.75. The molecule has 130 valence electrons. The molecule has 0 saturated heterocycles. The molecular formula is C17H15ClN2O5. The first-order valence-electron chi connectivity index (χ1n) is 7.05. The van der Waals surface area contributed by atoms with E-state index in [4.69, 9.17) is 21.1 Å². The number of carboxylic acid groups (broad SMARTS) is 1. The predicted molar refractivity (Wildman–Crippen MR) is 93.0 cm³/mol. The van der Waals surface area contributed by atoms with E-state index in [0.717, 1.165) is 0 Å². The first-order chi connectivity index (χ1) is 12.0. The van der Waals surface area contributed by atoms with Gasteiger partial charge >= 0.3 is 5.97 Å². The van der Waals surface area contributed by atoms with Gasteiger partial charge in [-0.3, -0.25) is 4.79 Å². The van der Waals surface area contributed by atoms with Crippen molar-refractivity contribution in [3.63, 3.8) is 0 Å². The van der Waals surface area contributed by atoms with Crippen LogP contribution < -0.4 is 14.9 Å². The van der Waals surface area contributed by atoms with Crippen LogP contribution >= 0.6 is 11.6 Å². The molecule has 0 aliphatic heterocycles. The van der Waals surface area contributed by atoms with Gasteiger partial charge in [0.25, 0.3) is 5.91 Å². The van der Waals surface area contributed by atoms with E-state index in [1.165, 1.54) is 26.5 Å². The first kappa shape index (κ1) is 18.3. The van der Waals surface area contributed by atoms with E-state index in [1.54, 1.807) is 30.3 Å². The van der Waals surface area contributed by atoms with Crippen LogP contribution in [0.15, 0.2) is 41.5 Å². The summed E-state index contributed by atoms with van der Waals surface area (Å²) in [5, 5.41) is 13.7. The van der Waals surface area contributed by atoms with Crippen molar-refractivity contribution >= 4 is 29.7 Å². The fourth-order valence-electron chi connectivity index (χ4n) is 2.10. The second-order valence-electron chi connectivity index (χ2n) is 4.78. The highest BCUT2D eigenvalue weighted by Gasteiger charge is 2.20. The highest BCUT2D eigenvalue weighted by Crippen LogP contribution is 2.32. The molecule has 2 rings (SSSR count). The van der Waals surface area contributed by atoms with Crippen LogP contribution in [0.2, 0.25) is 5.02 Å². The minimum atomic E-state index is -1.21. The lowest BCUT2D eigenvalue weighted by atomic mass is 10.1. The van der Waals surface area contributed by atoms with Crippen molar-refractivity contribution < 1.29 is 24.2 Å². The van der Waals surface area contributed by atoms with E-state index < -0.39 is 11.9 Å². The van der Waals surface area contributed by atoms with Gasteiger partial charge in [-0.25, -0.2) is 10.2 Å². The third kappa shape index (κ3) is 4.27. The summed E-state index contributed by atoms with van der Waals surface area (Å²) in [6.07, 6.45) is 1.22. The molecular weight excluding hydrogens is 348 g/mol. The Labute approximate surface area is 148 Å². The fraction of sp³-hybridized carbons (Fsp3) is 0.118. The van der Waals surface area contributed by atoms with Gasteiger partial charge in [0.2, 0.25) is 0 Å². The number of halogens is 1. The lowest BCUT2D eigenvalue weighted by molar-refractivity contribution is 0.0692. The van der Waals surface area contributed by atoms with Gasteiger partial charge in [0.15, 0.2) is 11.5 Å². The second-order valence-corrected chi connectivity index (χ2v) is 5.21. The first-order valence-corrected chi connectivity index (χ1v) is 7.43. The Hall–Kier alpha value is -3.06. The van der Waals surface area contributed by atoms with Crippen molar-refractivity contribution in [2.45, 2.75) is 0 Å². The van der Waals surface area contributed by atoms with E-state index in [0.29, 0.717) is 10.6 Å². The zero-order valence-electron chi connectivity index (χ0n) is 13.4. The second kappa shape index (κ2) is 8.16. The van der Waals surface area contributed by atoms with E-state index >= 15 is 0 Å². The van der Waals surface area contributed by atoms with Crippen LogP contribution in [-0.2, 0) is 0 Å². The maximum Gasteiger partial charge on any atom is 0.340 e. The number of rotatable bonds is 6. The number of hydrazone groups is 1. The molecule has 8 heteroatoms. The number of carbonyl (C=O) groups is 2. The van der Waals surface area contributed by atoms with Crippen LogP contribution in [0.3, 0.4) is 0 Å². The van der Waals surface area contributed by atoms with E-state index in [2.05, 4.69) is 10.5 Å². The third-order valence-electron chi connectivity index (χ3n) is 3.27. The van der Waals surface area contributed by atoms with E-state index in [9.17, 15) is 14.7 Å². The Balaban J connectivity index is 2.24. The number of benzene rings is 2. The Morgan fingerprint density at radius 3 is 2.36 bits per heavy atom. The van der Waals surface area contributed by atoms with Gasteiger partial charge in [-0.15, -0.1) is 0 Å². The van der Waals surface area contributed by atoms with Crippen molar-refractivity contribution in [2.24, 2.45) is 5.10 Å². The number of hydrogen-bond donors (Lipinski definition) is 2. The van der Waals surface area contributed by atoms with Crippen molar-refractivity contribution in [1.29, 1.82) is 0 Å². The standard InChI is InChI=1S/C17H15ClN2O5/c1-24-13-8-5-11(14(17(22)23)15(13)25-2)9-19-20-16(21)10-3-6-12(18)7-4-10/h3-9H,1-2H3,(H,20,21)(H,22,23)/b19-9-. The number of nitrogens with zero attached hydrogens (tertiary/aromatic N) is 1. The molecule has 0 fully saturated rings. The van der Waals surface area contributed by atoms with Gasteiger partial charge in [-0.2, -0.15) is 5.10 Å². The van der Waals surface area contributed by atoms with Crippen LogP contribution in [0, 0.1) is 0 Å². The Morgan fingerprint density at radius 2 is 1.80 bits per heavy atom. The van der Waals surface area contributed by atoms with Crippen molar-refractivity contribution in [1.82, 2.24) is 5.43 Å². The molecule has 0 bridgehead atoms. The Morgan fingerprint density at radius 1 is 1.12 bits per heavy atom.